The van der Waals surface area contributed by atoms with Gasteiger partial charge in [-0.05, 0) is 37.1 Å². The van der Waals surface area contributed by atoms with Crippen LogP contribution in [0.4, 0.5) is 4.39 Å². The molecule has 0 saturated carbocycles. The van der Waals surface area contributed by atoms with E-state index in [-0.39, 0.29) is 23.4 Å². The number of carbonyl (C=O) groups is 1. The predicted molar refractivity (Wildman–Crippen MR) is 100 cm³/mol. The molecule has 1 saturated heterocycles. The molecule has 6 heteroatoms. The van der Waals surface area contributed by atoms with Gasteiger partial charge in [0.25, 0.3) is 5.91 Å². The van der Waals surface area contributed by atoms with Crippen LogP contribution in [-0.4, -0.2) is 40.5 Å². The first-order valence-corrected chi connectivity index (χ1v) is 9.09. The highest BCUT2D eigenvalue weighted by Crippen LogP contribution is 2.23. The maximum atomic E-state index is 13.7. The summed E-state index contributed by atoms with van der Waals surface area (Å²) in [6, 6.07) is 11.8. The van der Waals surface area contributed by atoms with Gasteiger partial charge in [-0.15, -0.1) is 0 Å². The second-order valence-corrected chi connectivity index (χ2v) is 6.73. The van der Waals surface area contributed by atoms with E-state index in [0.717, 1.165) is 12.8 Å². The van der Waals surface area contributed by atoms with Crippen LogP contribution < -0.4 is 4.74 Å². The Morgan fingerprint density at radius 2 is 2.00 bits per heavy atom. The Balaban J connectivity index is 1.46. The Bertz CT molecular complexity index is 958. The number of carbonyl (C=O) groups excluding carboxylic acids is 1. The van der Waals surface area contributed by atoms with Crippen molar-refractivity contribution in [3.8, 4) is 5.75 Å². The first-order valence-electron chi connectivity index (χ1n) is 9.09. The van der Waals surface area contributed by atoms with Crippen molar-refractivity contribution < 1.29 is 13.9 Å². The van der Waals surface area contributed by atoms with E-state index in [1.54, 1.807) is 36.7 Å². The Labute approximate surface area is 156 Å². The number of benzene rings is 2. The zero-order chi connectivity index (χ0) is 18.6. The maximum Gasteiger partial charge on any atom is 0.256 e. The van der Waals surface area contributed by atoms with Crippen molar-refractivity contribution in [2.75, 3.05) is 19.7 Å². The minimum Gasteiger partial charge on any atom is -0.490 e. The molecule has 138 valence electrons. The molecule has 1 amide bonds. The number of piperidine rings is 1. The first kappa shape index (κ1) is 17.4. The summed E-state index contributed by atoms with van der Waals surface area (Å²) < 4.78 is 19.4. The summed E-state index contributed by atoms with van der Waals surface area (Å²) in [5, 5.41) is 0. The first-order chi connectivity index (χ1) is 13.2. The lowest BCUT2D eigenvalue weighted by Gasteiger charge is -2.32. The Kier molecular flexibility index (Phi) is 4.96. The summed E-state index contributed by atoms with van der Waals surface area (Å²) in [6.45, 7) is 1.68. The molecule has 1 aromatic heterocycles. The number of ether oxygens (including phenoxy) is 1. The molecule has 3 aromatic rings. The molecule has 0 aliphatic carbocycles. The number of para-hydroxylation sites is 2. The maximum absolute atomic E-state index is 13.7. The van der Waals surface area contributed by atoms with Gasteiger partial charge in [0.15, 0.2) is 11.6 Å². The number of hydrogen-bond donors (Lipinski definition) is 0. The van der Waals surface area contributed by atoms with Crippen LogP contribution >= 0.6 is 0 Å². The summed E-state index contributed by atoms with van der Waals surface area (Å²) in [5.41, 5.74) is 1.89. The largest absolute Gasteiger partial charge is 0.490 e. The highest BCUT2D eigenvalue weighted by molar-refractivity contribution is 6.04. The molecule has 2 aromatic carbocycles. The number of fused-ring (bicyclic) bond motifs is 1. The molecular weight excluding hydrogens is 345 g/mol. The van der Waals surface area contributed by atoms with Gasteiger partial charge in [0.05, 0.1) is 17.7 Å². The monoisotopic (exact) mass is 365 g/mol. The normalized spacial score (nSPS) is 17.1. The molecule has 0 radical (unpaired) electrons. The Morgan fingerprint density at radius 3 is 2.89 bits per heavy atom. The van der Waals surface area contributed by atoms with Gasteiger partial charge in [-0.1, -0.05) is 18.2 Å². The van der Waals surface area contributed by atoms with Crippen LogP contribution in [0.3, 0.4) is 0 Å². The third-order valence-corrected chi connectivity index (χ3v) is 4.85. The van der Waals surface area contributed by atoms with E-state index in [9.17, 15) is 9.18 Å². The van der Waals surface area contributed by atoms with E-state index in [1.807, 2.05) is 17.0 Å². The van der Waals surface area contributed by atoms with Gasteiger partial charge in [0.1, 0.15) is 5.52 Å². The predicted octanol–water partition coefficient (Wildman–Crippen LogP) is 3.70. The molecule has 1 atom stereocenters. The Hall–Kier alpha value is -3.02. The van der Waals surface area contributed by atoms with Gasteiger partial charge in [-0.2, -0.15) is 0 Å². The average molecular weight is 365 g/mol. The van der Waals surface area contributed by atoms with Crippen molar-refractivity contribution >= 4 is 16.9 Å². The lowest BCUT2D eigenvalue weighted by Crippen LogP contribution is -2.41. The van der Waals surface area contributed by atoms with E-state index in [4.69, 9.17) is 4.74 Å². The fraction of sp³-hybridized carbons (Fsp3) is 0.286. The molecule has 0 bridgehead atoms. The molecule has 5 nitrogen and oxygen atoms in total. The van der Waals surface area contributed by atoms with Crippen molar-refractivity contribution in [3.05, 3.63) is 66.2 Å². The number of likely N-dealkylation sites (tertiary alicyclic amines) is 1. The minimum absolute atomic E-state index is 0.0447. The van der Waals surface area contributed by atoms with Gasteiger partial charge >= 0.3 is 0 Å². The third-order valence-electron chi connectivity index (χ3n) is 4.85. The number of halogens is 1. The van der Waals surface area contributed by atoms with Crippen molar-refractivity contribution in [1.82, 2.24) is 14.9 Å². The van der Waals surface area contributed by atoms with Crippen LogP contribution in [0.25, 0.3) is 11.0 Å². The van der Waals surface area contributed by atoms with E-state index in [0.29, 0.717) is 36.3 Å². The second-order valence-electron chi connectivity index (χ2n) is 6.73. The molecular formula is C21H20FN3O2. The second kappa shape index (κ2) is 7.70. The van der Waals surface area contributed by atoms with Gasteiger partial charge in [-0.3, -0.25) is 14.8 Å². The molecule has 0 spiro atoms. The molecule has 27 heavy (non-hydrogen) atoms. The smallest absolute Gasteiger partial charge is 0.256 e. The average Bonchev–Trinajstić information content (AvgIpc) is 2.72. The molecule has 4 rings (SSSR count). The van der Waals surface area contributed by atoms with Gasteiger partial charge in [-0.25, -0.2) is 4.39 Å². The van der Waals surface area contributed by atoms with Crippen molar-refractivity contribution in [3.63, 3.8) is 0 Å². The zero-order valence-electron chi connectivity index (χ0n) is 14.8. The standard InChI is InChI=1S/C21H20FN3O2/c22-17-7-1-2-9-19(17)27-14-15-5-4-12-25(13-15)21(26)16-6-3-8-18-20(16)24-11-10-23-18/h1-3,6-11,15H,4-5,12-14H2. The van der Waals surface area contributed by atoms with Crippen molar-refractivity contribution in [1.29, 1.82) is 0 Å². The van der Waals surface area contributed by atoms with E-state index in [2.05, 4.69) is 9.97 Å². The summed E-state index contributed by atoms with van der Waals surface area (Å²) in [4.78, 5) is 23.5. The third kappa shape index (κ3) is 3.74. The lowest BCUT2D eigenvalue weighted by atomic mass is 9.98. The van der Waals surface area contributed by atoms with Crippen molar-refractivity contribution in [2.45, 2.75) is 12.8 Å². The molecule has 2 heterocycles. The highest BCUT2D eigenvalue weighted by Gasteiger charge is 2.26. The van der Waals surface area contributed by atoms with Gasteiger partial charge < -0.3 is 9.64 Å². The number of hydrogen-bond acceptors (Lipinski definition) is 4. The quantitative estimate of drug-likeness (QED) is 0.707. The topological polar surface area (TPSA) is 55.3 Å². The SMILES string of the molecule is O=C(c1cccc2nccnc12)N1CCCC(COc2ccccc2F)C1. The molecule has 1 fully saturated rings. The van der Waals surface area contributed by atoms with Crippen LogP contribution in [0.5, 0.6) is 5.75 Å². The fourth-order valence-electron chi connectivity index (χ4n) is 3.49. The van der Waals surface area contributed by atoms with E-state index >= 15 is 0 Å². The highest BCUT2D eigenvalue weighted by atomic mass is 19.1. The van der Waals surface area contributed by atoms with Gasteiger partial charge in [0, 0.05) is 31.4 Å². The summed E-state index contributed by atoms with van der Waals surface area (Å²) in [6.07, 6.45) is 5.06. The summed E-state index contributed by atoms with van der Waals surface area (Å²) in [7, 11) is 0. The molecule has 1 aliphatic rings. The molecule has 1 aliphatic heterocycles. The van der Waals surface area contributed by atoms with Crippen molar-refractivity contribution in [2.24, 2.45) is 5.92 Å². The Morgan fingerprint density at radius 1 is 1.15 bits per heavy atom. The molecule has 1 unspecified atom stereocenters. The summed E-state index contributed by atoms with van der Waals surface area (Å²) in [5.74, 6) is 0.0147. The van der Waals surface area contributed by atoms with Crippen LogP contribution in [0.15, 0.2) is 54.9 Å². The van der Waals surface area contributed by atoms with Crippen LogP contribution in [0.1, 0.15) is 23.2 Å². The fourth-order valence-corrected chi connectivity index (χ4v) is 3.49. The summed E-state index contributed by atoms with van der Waals surface area (Å²) >= 11 is 0. The van der Waals surface area contributed by atoms with Crippen LogP contribution in [-0.2, 0) is 0 Å². The lowest BCUT2D eigenvalue weighted by molar-refractivity contribution is 0.0633. The number of aromatic nitrogens is 2. The van der Waals surface area contributed by atoms with E-state index < -0.39 is 0 Å². The number of nitrogens with zero attached hydrogens (tertiary/aromatic N) is 3. The van der Waals surface area contributed by atoms with E-state index in [1.165, 1.54) is 6.07 Å². The van der Waals surface area contributed by atoms with Gasteiger partial charge in [0.2, 0.25) is 0 Å². The zero-order valence-corrected chi connectivity index (χ0v) is 14.8. The molecule has 0 N–H and O–H groups in total. The number of amides is 1. The minimum atomic E-state index is -0.365. The van der Waals surface area contributed by atoms with Crippen LogP contribution in [0.2, 0.25) is 0 Å². The number of rotatable bonds is 4. The van der Waals surface area contributed by atoms with Crippen LogP contribution in [0, 0.1) is 11.7 Å².